The van der Waals surface area contributed by atoms with Gasteiger partial charge in [-0.15, -0.1) is 0 Å². The predicted molar refractivity (Wildman–Crippen MR) is 118 cm³/mol. The number of nitrogens with zero attached hydrogens (tertiary/aromatic N) is 2. The maximum Gasteiger partial charge on any atom is 0.292 e. The fourth-order valence-electron chi connectivity index (χ4n) is 3.72. The van der Waals surface area contributed by atoms with Gasteiger partial charge in [0, 0.05) is 41.5 Å². The van der Waals surface area contributed by atoms with E-state index in [9.17, 15) is 14.9 Å². The fraction of sp³-hybridized carbons (Fsp3) is 0.409. The quantitative estimate of drug-likeness (QED) is 0.502. The number of nitrogens with one attached hydrogen (secondary N) is 1. The molecule has 7 heteroatoms. The minimum absolute atomic E-state index is 0.0604. The smallest absolute Gasteiger partial charge is 0.292 e. The van der Waals surface area contributed by atoms with Crippen LogP contribution < -0.4 is 10.2 Å². The van der Waals surface area contributed by atoms with Gasteiger partial charge in [0.1, 0.15) is 5.69 Å². The van der Waals surface area contributed by atoms with E-state index in [4.69, 9.17) is 0 Å². The lowest BCUT2D eigenvalue weighted by atomic mass is 9.84. The summed E-state index contributed by atoms with van der Waals surface area (Å²) in [7, 11) is 0. The molecule has 2 aromatic rings. The lowest BCUT2D eigenvalue weighted by molar-refractivity contribution is -0.384. The molecule has 1 N–H and O–H groups in total. The molecule has 1 aliphatic heterocycles. The van der Waals surface area contributed by atoms with Crippen LogP contribution in [0, 0.1) is 16.0 Å². The summed E-state index contributed by atoms with van der Waals surface area (Å²) >= 11 is 3.45. The number of para-hydroxylation sites is 2. The first-order chi connectivity index (χ1) is 13.8. The summed E-state index contributed by atoms with van der Waals surface area (Å²) in [6.45, 7) is 6.08. The monoisotopic (exact) mass is 459 g/mol. The summed E-state index contributed by atoms with van der Waals surface area (Å²) in [5.74, 6) is 0.00661. The van der Waals surface area contributed by atoms with E-state index in [2.05, 4.69) is 47.2 Å². The average Bonchev–Trinajstić information content (AvgIpc) is 2.72. The number of carbonyl (C=O) groups is 1. The number of nitro benzene ring substituents is 1. The lowest BCUT2D eigenvalue weighted by Crippen LogP contribution is -2.44. The maximum absolute atomic E-state index is 12.7. The second-order valence-corrected chi connectivity index (χ2v) is 9.03. The van der Waals surface area contributed by atoms with Crippen molar-refractivity contribution in [3.63, 3.8) is 0 Å². The van der Waals surface area contributed by atoms with Gasteiger partial charge in [-0.1, -0.05) is 54.0 Å². The number of hydrogen-bond donors (Lipinski definition) is 1. The molecule has 6 nitrogen and oxygen atoms in total. The molecule has 2 aromatic carbocycles. The van der Waals surface area contributed by atoms with Crippen LogP contribution >= 0.6 is 15.9 Å². The summed E-state index contributed by atoms with van der Waals surface area (Å²) in [6, 6.07) is 15.0. The van der Waals surface area contributed by atoms with Crippen molar-refractivity contribution in [3.05, 3.63) is 68.7 Å². The van der Waals surface area contributed by atoms with Crippen LogP contribution in [0.25, 0.3) is 0 Å². The Balaban J connectivity index is 1.55. The zero-order valence-corrected chi connectivity index (χ0v) is 18.3. The summed E-state index contributed by atoms with van der Waals surface area (Å²) in [6.07, 6.45) is 1.38. The number of anilines is 1. The standard InChI is InChI=1S/C22H26BrN3O3/c1-22(2,17-7-9-18(23)10-8-17)15-24-21(27)16-11-13-25(14-12-16)19-5-3-4-6-20(19)26(28)29/h3-10,16H,11-15H2,1-2H3,(H,24,27). The number of carbonyl (C=O) groups excluding carboxylic acids is 1. The molecule has 1 amide bonds. The molecule has 0 aromatic heterocycles. The molecule has 29 heavy (non-hydrogen) atoms. The Morgan fingerprint density at radius 1 is 1.17 bits per heavy atom. The SMILES string of the molecule is CC(C)(CNC(=O)C1CCN(c2ccccc2[N+](=O)[O-])CC1)c1ccc(Br)cc1. The van der Waals surface area contributed by atoms with Crippen LogP contribution in [-0.2, 0) is 10.2 Å². The van der Waals surface area contributed by atoms with Gasteiger partial charge in [-0.3, -0.25) is 14.9 Å². The van der Waals surface area contributed by atoms with E-state index in [1.807, 2.05) is 23.1 Å². The zero-order chi connectivity index (χ0) is 21.0. The van der Waals surface area contributed by atoms with Crippen molar-refractivity contribution in [1.29, 1.82) is 0 Å². The Morgan fingerprint density at radius 3 is 2.41 bits per heavy atom. The Kier molecular flexibility index (Phi) is 6.57. The van der Waals surface area contributed by atoms with Gasteiger partial charge in [0.05, 0.1) is 4.92 Å². The summed E-state index contributed by atoms with van der Waals surface area (Å²) in [5.41, 5.74) is 1.76. The molecule has 0 atom stereocenters. The van der Waals surface area contributed by atoms with Crippen molar-refractivity contribution >= 4 is 33.2 Å². The van der Waals surface area contributed by atoms with Gasteiger partial charge in [-0.2, -0.15) is 0 Å². The zero-order valence-electron chi connectivity index (χ0n) is 16.7. The number of rotatable bonds is 6. The largest absolute Gasteiger partial charge is 0.366 e. The minimum atomic E-state index is -0.349. The van der Waals surface area contributed by atoms with Crippen LogP contribution in [0.4, 0.5) is 11.4 Å². The van der Waals surface area contributed by atoms with Crippen molar-refractivity contribution in [3.8, 4) is 0 Å². The Labute approximate surface area is 179 Å². The first kappa shape index (κ1) is 21.3. The van der Waals surface area contributed by atoms with E-state index in [1.165, 1.54) is 11.6 Å². The van der Waals surface area contributed by atoms with Gasteiger partial charge < -0.3 is 10.2 Å². The summed E-state index contributed by atoms with van der Waals surface area (Å²) < 4.78 is 1.03. The molecule has 154 valence electrons. The highest BCUT2D eigenvalue weighted by atomic mass is 79.9. The Bertz CT molecular complexity index is 875. The molecule has 0 unspecified atom stereocenters. The van der Waals surface area contributed by atoms with Crippen LogP contribution in [0.3, 0.4) is 0 Å². The molecular weight excluding hydrogens is 434 g/mol. The van der Waals surface area contributed by atoms with Crippen LogP contribution in [-0.4, -0.2) is 30.5 Å². The normalized spacial score (nSPS) is 15.2. The molecule has 0 aliphatic carbocycles. The van der Waals surface area contributed by atoms with E-state index in [0.29, 0.717) is 38.2 Å². The van der Waals surface area contributed by atoms with E-state index in [-0.39, 0.29) is 27.9 Å². The average molecular weight is 460 g/mol. The van der Waals surface area contributed by atoms with Crippen molar-refractivity contribution < 1.29 is 9.72 Å². The van der Waals surface area contributed by atoms with E-state index in [1.54, 1.807) is 12.1 Å². The molecule has 0 radical (unpaired) electrons. The topological polar surface area (TPSA) is 75.5 Å². The van der Waals surface area contributed by atoms with Gasteiger partial charge in [0.2, 0.25) is 5.91 Å². The molecule has 0 saturated carbocycles. The highest BCUT2D eigenvalue weighted by molar-refractivity contribution is 9.10. The third kappa shape index (κ3) is 5.15. The lowest BCUT2D eigenvalue weighted by Gasteiger charge is -2.33. The number of halogens is 1. The minimum Gasteiger partial charge on any atom is -0.366 e. The number of piperidine rings is 1. The fourth-order valence-corrected chi connectivity index (χ4v) is 3.99. The van der Waals surface area contributed by atoms with Crippen LogP contribution in [0.2, 0.25) is 0 Å². The second-order valence-electron chi connectivity index (χ2n) is 8.12. The Morgan fingerprint density at radius 2 is 1.79 bits per heavy atom. The van der Waals surface area contributed by atoms with Crippen molar-refractivity contribution in [2.75, 3.05) is 24.5 Å². The van der Waals surface area contributed by atoms with Gasteiger partial charge in [-0.25, -0.2) is 0 Å². The highest BCUT2D eigenvalue weighted by Crippen LogP contribution is 2.31. The molecule has 1 aliphatic rings. The highest BCUT2D eigenvalue weighted by Gasteiger charge is 2.29. The number of hydrogen-bond acceptors (Lipinski definition) is 4. The number of benzene rings is 2. The van der Waals surface area contributed by atoms with E-state index >= 15 is 0 Å². The van der Waals surface area contributed by atoms with Crippen molar-refractivity contribution in [2.45, 2.75) is 32.1 Å². The molecule has 1 fully saturated rings. The van der Waals surface area contributed by atoms with Gasteiger partial charge in [0.25, 0.3) is 5.69 Å². The molecule has 0 spiro atoms. The summed E-state index contributed by atoms with van der Waals surface area (Å²) in [4.78, 5) is 25.6. The predicted octanol–water partition coefficient (Wildman–Crippen LogP) is 4.67. The Hall–Kier alpha value is -2.41. The molecule has 1 heterocycles. The summed E-state index contributed by atoms with van der Waals surface area (Å²) in [5, 5.41) is 14.4. The third-order valence-corrected chi connectivity index (χ3v) is 6.14. The van der Waals surface area contributed by atoms with Crippen molar-refractivity contribution in [1.82, 2.24) is 5.32 Å². The molecule has 3 rings (SSSR count). The third-order valence-electron chi connectivity index (χ3n) is 5.62. The van der Waals surface area contributed by atoms with E-state index in [0.717, 1.165) is 4.47 Å². The number of nitro groups is 1. The molecule has 1 saturated heterocycles. The number of amides is 1. The van der Waals surface area contributed by atoms with Crippen LogP contribution in [0.15, 0.2) is 53.0 Å². The van der Waals surface area contributed by atoms with Gasteiger partial charge >= 0.3 is 0 Å². The maximum atomic E-state index is 12.7. The van der Waals surface area contributed by atoms with Gasteiger partial charge in [0.15, 0.2) is 0 Å². The van der Waals surface area contributed by atoms with E-state index < -0.39 is 0 Å². The first-order valence-electron chi connectivity index (χ1n) is 9.80. The van der Waals surface area contributed by atoms with Crippen LogP contribution in [0.5, 0.6) is 0 Å². The van der Waals surface area contributed by atoms with Gasteiger partial charge in [-0.05, 0) is 36.6 Å². The first-order valence-corrected chi connectivity index (χ1v) is 10.6. The van der Waals surface area contributed by atoms with Crippen molar-refractivity contribution in [2.24, 2.45) is 5.92 Å². The molecular formula is C22H26BrN3O3. The second kappa shape index (κ2) is 8.95. The molecule has 0 bridgehead atoms. The van der Waals surface area contributed by atoms with Crippen LogP contribution in [0.1, 0.15) is 32.3 Å².